The number of amides is 1. The lowest BCUT2D eigenvalue weighted by Crippen LogP contribution is -2.35. The quantitative estimate of drug-likeness (QED) is 0.470. The van der Waals surface area contributed by atoms with Gasteiger partial charge in [-0.25, -0.2) is 0 Å². The largest absolute Gasteiger partial charge is 0.508 e. The summed E-state index contributed by atoms with van der Waals surface area (Å²) in [7, 11) is 0. The van der Waals surface area contributed by atoms with Gasteiger partial charge in [0.25, 0.3) is 5.69 Å². The summed E-state index contributed by atoms with van der Waals surface area (Å²) < 4.78 is 0. The molecule has 3 aromatic carbocycles. The van der Waals surface area contributed by atoms with E-state index in [2.05, 4.69) is 0 Å². The zero-order valence-electron chi connectivity index (χ0n) is 15.5. The van der Waals surface area contributed by atoms with E-state index in [1.54, 1.807) is 48.5 Å². The molecule has 29 heavy (non-hydrogen) atoms. The van der Waals surface area contributed by atoms with Gasteiger partial charge < -0.3 is 10.2 Å². The number of aromatic hydroxyl groups is 1. The molecule has 7 heteroatoms. The smallest absolute Gasteiger partial charge is 0.269 e. The Bertz CT molecular complexity index is 972. The molecule has 0 fully saturated rings. The van der Waals surface area contributed by atoms with E-state index in [1.165, 1.54) is 29.2 Å². The number of phenols is 1. The number of nitro benzene ring substituents is 1. The Morgan fingerprint density at radius 2 is 1.52 bits per heavy atom. The van der Waals surface area contributed by atoms with Gasteiger partial charge in [0.1, 0.15) is 5.75 Å². The highest BCUT2D eigenvalue weighted by Crippen LogP contribution is 2.29. The SMILES string of the molecule is O=C(C(CO)Cc1ccc([N+](=O)[O-])cc1)N(c1ccccc1)c1ccc(O)cc1. The Labute approximate surface area is 167 Å². The molecule has 0 bridgehead atoms. The van der Waals surface area contributed by atoms with Crippen LogP contribution in [0.15, 0.2) is 78.9 Å². The maximum absolute atomic E-state index is 13.3. The third kappa shape index (κ3) is 4.77. The van der Waals surface area contributed by atoms with Crippen molar-refractivity contribution in [1.82, 2.24) is 0 Å². The lowest BCUT2D eigenvalue weighted by molar-refractivity contribution is -0.384. The van der Waals surface area contributed by atoms with Crippen LogP contribution in [0.25, 0.3) is 0 Å². The second kappa shape index (κ2) is 8.99. The van der Waals surface area contributed by atoms with Crippen LogP contribution in [0.5, 0.6) is 5.75 Å². The highest BCUT2D eigenvalue weighted by molar-refractivity contribution is 6.02. The van der Waals surface area contributed by atoms with Crippen LogP contribution in [0.1, 0.15) is 5.56 Å². The van der Waals surface area contributed by atoms with Crippen molar-refractivity contribution in [2.24, 2.45) is 5.92 Å². The minimum atomic E-state index is -0.745. The standard InChI is InChI=1S/C22H20N2O5/c25-15-17(14-16-6-8-20(9-7-16)24(28)29)22(27)23(18-4-2-1-3-5-18)19-10-12-21(26)13-11-19/h1-13,17,25-26H,14-15H2. The summed E-state index contributed by atoms with van der Waals surface area (Å²) in [5.74, 6) is -0.980. The van der Waals surface area contributed by atoms with Gasteiger partial charge in [-0.15, -0.1) is 0 Å². The van der Waals surface area contributed by atoms with Gasteiger partial charge in [-0.1, -0.05) is 30.3 Å². The van der Waals surface area contributed by atoms with Crippen LogP contribution >= 0.6 is 0 Å². The molecular formula is C22H20N2O5. The molecule has 7 nitrogen and oxygen atoms in total. The number of non-ortho nitro benzene ring substituents is 1. The van der Waals surface area contributed by atoms with E-state index in [4.69, 9.17) is 0 Å². The molecule has 3 aromatic rings. The molecule has 148 valence electrons. The number of hydrogen-bond acceptors (Lipinski definition) is 5. The van der Waals surface area contributed by atoms with E-state index in [1.807, 2.05) is 6.07 Å². The minimum absolute atomic E-state index is 0.0318. The van der Waals surface area contributed by atoms with Crippen LogP contribution in [0.4, 0.5) is 17.1 Å². The molecule has 0 saturated heterocycles. The number of carbonyl (C=O) groups is 1. The number of phenolic OH excluding ortho intramolecular Hbond substituents is 1. The number of nitrogens with zero attached hydrogens (tertiary/aromatic N) is 2. The normalized spacial score (nSPS) is 11.6. The van der Waals surface area contributed by atoms with Crippen LogP contribution in [0, 0.1) is 16.0 Å². The molecule has 0 aliphatic carbocycles. The average Bonchev–Trinajstić information content (AvgIpc) is 2.74. The van der Waals surface area contributed by atoms with Gasteiger partial charge in [0.15, 0.2) is 0 Å². The topological polar surface area (TPSA) is 104 Å². The van der Waals surface area contributed by atoms with Crippen molar-refractivity contribution in [3.63, 3.8) is 0 Å². The Kier molecular flexibility index (Phi) is 6.21. The lowest BCUT2D eigenvalue weighted by atomic mass is 9.97. The van der Waals surface area contributed by atoms with Gasteiger partial charge in [0.05, 0.1) is 17.4 Å². The summed E-state index contributed by atoms with van der Waals surface area (Å²) in [6.45, 7) is -0.378. The predicted octanol–water partition coefficient (Wildman–Crippen LogP) is 3.82. The van der Waals surface area contributed by atoms with Crippen molar-refractivity contribution >= 4 is 23.0 Å². The fourth-order valence-electron chi connectivity index (χ4n) is 3.03. The summed E-state index contributed by atoms with van der Waals surface area (Å²) in [5.41, 5.74) is 1.86. The summed E-state index contributed by atoms with van der Waals surface area (Å²) in [4.78, 5) is 25.2. The van der Waals surface area contributed by atoms with Crippen molar-refractivity contribution in [3.05, 3.63) is 94.5 Å². The number of aliphatic hydroxyl groups is 1. The number of hydrogen-bond donors (Lipinski definition) is 2. The molecule has 1 unspecified atom stereocenters. The van der Waals surface area contributed by atoms with Gasteiger partial charge in [-0.2, -0.15) is 0 Å². The maximum Gasteiger partial charge on any atom is 0.269 e. The van der Waals surface area contributed by atoms with Crippen molar-refractivity contribution in [2.75, 3.05) is 11.5 Å². The second-order valence-electron chi connectivity index (χ2n) is 6.53. The summed E-state index contributed by atoms with van der Waals surface area (Å²) >= 11 is 0. The number of para-hydroxylation sites is 1. The number of carbonyl (C=O) groups excluding carboxylic acids is 1. The molecule has 0 aromatic heterocycles. The highest BCUT2D eigenvalue weighted by atomic mass is 16.6. The van der Waals surface area contributed by atoms with Crippen LogP contribution in [-0.4, -0.2) is 27.7 Å². The van der Waals surface area contributed by atoms with E-state index >= 15 is 0 Å². The monoisotopic (exact) mass is 392 g/mol. The molecule has 0 aliphatic rings. The number of nitro groups is 1. The number of anilines is 2. The van der Waals surface area contributed by atoms with E-state index in [0.717, 1.165) is 0 Å². The summed E-state index contributed by atoms with van der Waals surface area (Å²) in [6, 6.07) is 21.2. The number of rotatable bonds is 7. The van der Waals surface area contributed by atoms with Crippen LogP contribution in [0.2, 0.25) is 0 Å². The second-order valence-corrected chi connectivity index (χ2v) is 6.53. The van der Waals surface area contributed by atoms with Gasteiger partial charge >= 0.3 is 0 Å². The zero-order chi connectivity index (χ0) is 20.8. The summed E-state index contributed by atoms with van der Waals surface area (Å²) in [6.07, 6.45) is 0.231. The number of benzene rings is 3. The molecular weight excluding hydrogens is 372 g/mol. The first kappa shape index (κ1) is 20.0. The van der Waals surface area contributed by atoms with Gasteiger partial charge in [-0.05, 0) is 48.4 Å². The van der Waals surface area contributed by atoms with Crippen molar-refractivity contribution in [1.29, 1.82) is 0 Å². The molecule has 0 radical (unpaired) electrons. The lowest BCUT2D eigenvalue weighted by Gasteiger charge is -2.27. The Morgan fingerprint density at radius 1 is 0.931 bits per heavy atom. The van der Waals surface area contributed by atoms with E-state index in [9.17, 15) is 25.1 Å². The van der Waals surface area contributed by atoms with Gasteiger partial charge in [0.2, 0.25) is 5.91 Å². The first-order valence-electron chi connectivity index (χ1n) is 9.02. The van der Waals surface area contributed by atoms with E-state index < -0.39 is 10.8 Å². The highest BCUT2D eigenvalue weighted by Gasteiger charge is 2.27. The average molecular weight is 392 g/mol. The molecule has 0 aliphatic heterocycles. The molecule has 3 rings (SSSR count). The third-order valence-corrected chi connectivity index (χ3v) is 4.54. The van der Waals surface area contributed by atoms with Crippen LogP contribution in [-0.2, 0) is 11.2 Å². The zero-order valence-corrected chi connectivity index (χ0v) is 15.5. The van der Waals surface area contributed by atoms with Crippen molar-refractivity contribution < 1.29 is 19.9 Å². The molecule has 1 amide bonds. The van der Waals surface area contributed by atoms with Crippen LogP contribution in [0.3, 0.4) is 0 Å². The van der Waals surface area contributed by atoms with Crippen molar-refractivity contribution in [2.45, 2.75) is 6.42 Å². The molecule has 2 N–H and O–H groups in total. The Hall–Kier alpha value is -3.71. The summed E-state index contributed by atoms with van der Waals surface area (Å²) in [5, 5.41) is 30.3. The first-order chi connectivity index (χ1) is 14.0. The van der Waals surface area contributed by atoms with E-state index in [0.29, 0.717) is 16.9 Å². The fraction of sp³-hybridized carbons (Fsp3) is 0.136. The van der Waals surface area contributed by atoms with Gasteiger partial charge in [-0.3, -0.25) is 19.8 Å². The third-order valence-electron chi connectivity index (χ3n) is 4.54. The Balaban J connectivity index is 1.90. The predicted molar refractivity (Wildman–Crippen MR) is 109 cm³/mol. The Morgan fingerprint density at radius 3 is 2.07 bits per heavy atom. The molecule has 1 atom stereocenters. The van der Waals surface area contributed by atoms with Crippen LogP contribution < -0.4 is 4.90 Å². The van der Waals surface area contributed by atoms with E-state index in [-0.39, 0.29) is 30.4 Å². The first-order valence-corrected chi connectivity index (χ1v) is 9.02. The molecule has 0 heterocycles. The maximum atomic E-state index is 13.3. The number of aliphatic hydroxyl groups excluding tert-OH is 1. The minimum Gasteiger partial charge on any atom is -0.508 e. The molecule has 0 spiro atoms. The van der Waals surface area contributed by atoms with Crippen molar-refractivity contribution in [3.8, 4) is 5.75 Å². The molecule has 0 saturated carbocycles. The van der Waals surface area contributed by atoms with Gasteiger partial charge in [0, 0.05) is 23.5 Å². The fourth-order valence-corrected chi connectivity index (χ4v) is 3.03.